The molecule has 10 nitrogen and oxygen atoms in total. The summed E-state index contributed by atoms with van der Waals surface area (Å²) in [7, 11) is 0. The van der Waals surface area contributed by atoms with E-state index in [1.807, 2.05) is 26.8 Å². The molecule has 12 heteroatoms. The van der Waals surface area contributed by atoms with Gasteiger partial charge < -0.3 is 19.9 Å². The second-order valence-electron chi connectivity index (χ2n) is 10.4. The molecule has 192 valence electrons. The smallest absolute Gasteiger partial charge is 0.407 e. The fourth-order valence-electron chi connectivity index (χ4n) is 4.51. The molecule has 4 aromatic rings. The Morgan fingerprint density at radius 2 is 2.00 bits per heavy atom. The summed E-state index contributed by atoms with van der Waals surface area (Å²) in [5.74, 6) is 1.21. The molecule has 5 heterocycles. The number of nitrogens with one attached hydrogen (secondary N) is 2. The van der Waals surface area contributed by atoms with Gasteiger partial charge in [0.15, 0.2) is 10.8 Å². The van der Waals surface area contributed by atoms with Crippen LogP contribution in [-0.2, 0) is 4.74 Å². The van der Waals surface area contributed by atoms with Crippen LogP contribution >= 0.6 is 23.4 Å². The summed E-state index contributed by atoms with van der Waals surface area (Å²) in [5, 5.41) is 5.09. The average molecular weight is 539 g/mol. The molecule has 0 radical (unpaired) electrons. The maximum Gasteiger partial charge on any atom is 0.407 e. The van der Waals surface area contributed by atoms with Gasteiger partial charge in [-0.15, -0.1) is 0 Å². The molecule has 1 saturated heterocycles. The van der Waals surface area contributed by atoms with Crippen LogP contribution in [0.25, 0.3) is 22.2 Å². The van der Waals surface area contributed by atoms with Gasteiger partial charge in [-0.25, -0.2) is 24.7 Å². The molecule has 6 rings (SSSR count). The van der Waals surface area contributed by atoms with Crippen molar-refractivity contribution >= 4 is 57.5 Å². The van der Waals surface area contributed by atoms with Crippen molar-refractivity contribution in [3.8, 4) is 0 Å². The van der Waals surface area contributed by atoms with Crippen LogP contribution in [0, 0.1) is 0 Å². The minimum absolute atomic E-state index is 0.0557. The topological polar surface area (TPSA) is 122 Å². The molecular formula is C25H27ClN8O2S. The van der Waals surface area contributed by atoms with Crippen molar-refractivity contribution in [2.24, 2.45) is 0 Å². The highest BCUT2D eigenvalue weighted by Gasteiger charge is 2.33. The summed E-state index contributed by atoms with van der Waals surface area (Å²) >= 11 is 8.30. The molecule has 0 spiro atoms. The summed E-state index contributed by atoms with van der Waals surface area (Å²) < 4.78 is 5.44. The number of anilines is 1. The zero-order valence-corrected chi connectivity index (χ0v) is 22.4. The number of nitrogens with zero attached hydrogens (tertiary/aromatic N) is 6. The molecule has 1 aliphatic carbocycles. The second-order valence-corrected chi connectivity index (χ2v) is 11.8. The molecule has 37 heavy (non-hydrogen) atoms. The van der Waals surface area contributed by atoms with Crippen LogP contribution in [0.2, 0.25) is 5.02 Å². The van der Waals surface area contributed by atoms with E-state index in [1.165, 1.54) is 11.8 Å². The van der Waals surface area contributed by atoms with Gasteiger partial charge in [-0.2, -0.15) is 0 Å². The lowest BCUT2D eigenvalue weighted by molar-refractivity contribution is 0.0509. The summed E-state index contributed by atoms with van der Waals surface area (Å²) in [4.78, 5) is 41.6. The largest absolute Gasteiger partial charge is 0.444 e. The molecule has 1 saturated carbocycles. The fourth-order valence-corrected chi connectivity index (χ4v) is 5.64. The fraction of sp³-hybridized carbons (Fsp3) is 0.440. The number of carbonyl (C=O) groups excluding carboxylic acids is 1. The molecule has 2 aliphatic rings. The molecule has 0 unspecified atom stereocenters. The van der Waals surface area contributed by atoms with Crippen molar-refractivity contribution in [3.05, 3.63) is 35.4 Å². The monoisotopic (exact) mass is 538 g/mol. The van der Waals surface area contributed by atoms with Crippen LogP contribution in [0.15, 0.2) is 34.7 Å². The van der Waals surface area contributed by atoms with E-state index in [4.69, 9.17) is 26.3 Å². The molecule has 2 fully saturated rings. The van der Waals surface area contributed by atoms with Crippen LogP contribution in [0.1, 0.15) is 51.6 Å². The van der Waals surface area contributed by atoms with Crippen LogP contribution in [0.4, 0.5) is 10.6 Å². The highest BCUT2D eigenvalue weighted by molar-refractivity contribution is 7.99. The zero-order valence-electron chi connectivity index (χ0n) is 20.8. The quantitative estimate of drug-likeness (QED) is 0.335. The second kappa shape index (κ2) is 9.29. The first-order valence-corrected chi connectivity index (χ1v) is 13.5. The Kier molecular flexibility index (Phi) is 6.07. The van der Waals surface area contributed by atoms with E-state index >= 15 is 0 Å². The van der Waals surface area contributed by atoms with Gasteiger partial charge in [0, 0.05) is 48.2 Å². The lowest BCUT2D eigenvalue weighted by Gasteiger charge is -2.22. The van der Waals surface area contributed by atoms with E-state index in [9.17, 15) is 4.79 Å². The van der Waals surface area contributed by atoms with Gasteiger partial charge in [0.05, 0.1) is 16.5 Å². The van der Waals surface area contributed by atoms with E-state index in [-0.39, 0.29) is 6.04 Å². The number of halogens is 1. The number of aromatic amines is 1. The highest BCUT2D eigenvalue weighted by Crippen LogP contribution is 2.47. The molecule has 2 N–H and O–H groups in total. The third-order valence-corrected chi connectivity index (χ3v) is 7.50. The van der Waals surface area contributed by atoms with Crippen molar-refractivity contribution in [1.82, 2.24) is 35.2 Å². The Balaban J connectivity index is 1.31. The van der Waals surface area contributed by atoms with Gasteiger partial charge in [-0.05, 0) is 57.9 Å². The number of H-pyrrole nitrogens is 1. The third kappa shape index (κ3) is 5.15. The number of fused-ring (bicyclic) bond motifs is 2. The van der Waals surface area contributed by atoms with Crippen molar-refractivity contribution in [3.63, 3.8) is 0 Å². The Labute approximate surface area is 223 Å². The summed E-state index contributed by atoms with van der Waals surface area (Å²) in [6.07, 6.45) is 7.62. The number of amides is 1. The van der Waals surface area contributed by atoms with E-state index < -0.39 is 11.7 Å². The lowest BCUT2D eigenvalue weighted by Crippen LogP contribution is -2.40. The van der Waals surface area contributed by atoms with Crippen LogP contribution in [-0.4, -0.2) is 60.7 Å². The molecule has 1 atom stereocenters. The Morgan fingerprint density at radius 3 is 2.78 bits per heavy atom. The highest BCUT2D eigenvalue weighted by atomic mass is 35.5. The minimum Gasteiger partial charge on any atom is -0.444 e. The van der Waals surface area contributed by atoms with Gasteiger partial charge in [-0.3, -0.25) is 4.98 Å². The van der Waals surface area contributed by atoms with Crippen molar-refractivity contribution < 1.29 is 9.53 Å². The predicted molar refractivity (Wildman–Crippen MR) is 142 cm³/mol. The van der Waals surface area contributed by atoms with Gasteiger partial charge in [-0.1, -0.05) is 11.6 Å². The van der Waals surface area contributed by atoms with Crippen LogP contribution in [0.3, 0.4) is 0 Å². The molecule has 4 aromatic heterocycles. The SMILES string of the molecule is CC(C)(C)OC(=O)N[C@H]1CCN(c2nc(Sc3cnc4nccnc4c3)nc3[nH]c(C4CC4)c(Cl)c23)C1. The first-order valence-electron chi connectivity index (χ1n) is 12.3. The first-order chi connectivity index (χ1) is 17.7. The van der Waals surface area contributed by atoms with Crippen molar-refractivity contribution in [2.75, 3.05) is 18.0 Å². The number of pyridine rings is 1. The van der Waals surface area contributed by atoms with Crippen LogP contribution in [0.5, 0.6) is 0 Å². The predicted octanol–water partition coefficient (Wildman–Crippen LogP) is 5.08. The van der Waals surface area contributed by atoms with E-state index in [0.717, 1.165) is 53.2 Å². The number of hydrogen-bond acceptors (Lipinski definition) is 9. The number of carbonyl (C=O) groups is 1. The molecule has 0 bridgehead atoms. The minimum atomic E-state index is -0.547. The molecule has 0 aromatic carbocycles. The Morgan fingerprint density at radius 1 is 1.19 bits per heavy atom. The normalized spacial score (nSPS) is 18.1. The van der Waals surface area contributed by atoms with Crippen molar-refractivity contribution in [2.45, 2.75) is 67.6 Å². The van der Waals surface area contributed by atoms with E-state index in [1.54, 1.807) is 18.6 Å². The molecule has 1 amide bonds. The maximum absolute atomic E-state index is 12.3. The molecule has 1 aliphatic heterocycles. The van der Waals surface area contributed by atoms with Crippen molar-refractivity contribution in [1.29, 1.82) is 0 Å². The summed E-state index contributed by atoms with van der Waals surface area (Å²) in [6, 6.07) is 1.88. The number of ether oxygens (including phenoxy) is 1. The number of hydrogen-bond donors (Lipinski definition) is 2. The first kappa shape index (κ1) is 24.2. The average Bonchev–Trinajstić information content (AvgIpc) is 3.49. The summed E-state index contributed by atoms with van der Waals surface area (Å²) in [6.45, 7) is 6.89. The summed E-state index contributed by atoms with van der Waals surface area (Å²) in [5.41, 5.74) is 2.50. The van der Waals surface area contributed by atoms with Crippen LogP contribution < -0.4 is 10.2 Å². The van der Waals surface area contributed by atoms with E-state index in [0.29, 0.717) is 33.8 Å². The van der Waals surface area contributed by atoms with Gasteiger partial charge in [0.25, 0.3) is 0 Å². The zero-order chi connectivity index (χ0) is 25.7. The third-order valence-electron chi connectivity index (χ3n) is 6.28. The molecular weight excluding hydrogens is 512 g/mol. The number of aromatic nitrogens is 6. The number of rotatable bonds is 5. The Hall–Kier alpha value is -3.18. The van der Waals surface area contributed by atoms with Gasteiger partial charge >= 0.3 is 6.09 Å². The standard InChI is InChI=1S/C25H27ClN8O2S/c1-25(2,3)36-24(35)30-14-6-9-34(12-14)22-17-18(26)19(13-4-5-13)31-21(17)32-23(33-22)37-15-10-16-20(29-11-15)28-8-7-27-16/h7-8,10-11,13-14H,4-6,9,12H2,1-3H3,(H,30,35)(H,31,32,33)/t14-/m0/s1. The van der Waals surface area contributed by atoms with Gasteiger partial charge in [0.1, 0.15) is 22.6 Å². The lowest BCUT2D eigenvalue weighted by atomic mass is 10.2. The van der Waals surface area contributed by atoms with Gasteiger partial charge in [0.2, 0.25) is 0 Å². The maximum atomic E-state index is 12.3. The Bertz CT molecular complexity index is 1500. The number of alkyl carbamates (subject to hydrolysis) is 1. The van der Waals surface area contributed by atoms with E-state index in [2.05, 4.69) is 30.2 Å².